The highest BCUT2D eigenvalue weighted by Gasteiger charge is 2.13. The van der Waals surface area contributed by atoms with Crippen LogP contribution in [0.5, 0.6) is 0 Å². The van der Waals surface area contributed by atoms with Crippen LogP contribution in [0.15, 0.2) is 24.5 Å². The van der Waals surface area contributed by atoms with E-state index in [0.717, 1.165) is 12.1 Å². The van der Waals surface area contributed by atoms with Crippen molar-refractivity contribution in [1.29, 1.82) is 0 Å². The summed E-state index contributed by atoms with van der Waals surface area (Å²) in [5, 5.41) is 4.10. The van der Waals surface area contributed by atoms with Crippen molar-refractivity contribution in [2.24, 2.45) is 0 Å². The van der Waals surface area contributed by atoms with Gasteiger partial charge in [0.2, 0.25) is 0 Å². The third-order valence-corrected chi connectivity index (χ3v) is 2.66. The maximum atomic E-state index is 13.2. The molecule has 0 fully saturated rings. The number of aromatic nitrogens is 2. The van der Waals surface area contributed by atoms with Gasteiger partial charge >= 0.3 is 0 Å². The van der Waals surface area contributed by atoms with Crippen LogP contribution in [0, 0.1) is 11.6 Å². The van der Waals surface area contributed by atoms with Crippen LogP contribution in [0.2, 0.25) is 0 Å². The van der Waals surface area contributed by atoms with Crippen LogP contribution in [-0.2, 0) is 0 Å². The van der Waals surface area contributed by atoms with Gasteiger partial charge in [0, 0.05) is 23.4 Å². The first-order chi connectivity index (χ1) is 8.52. The standard InChI is InChI=1S/C13H12F2N2O/c1-8(2)17-6-10(5-16-17)11-4-13(15)12(14)3-9(11)7-18/h3-8H,1-2H3. The predicted octanol–water partition coefficient (Wildman–Crippen LogP) is 3.22. The molecule has 0 aliphatic heterocycles. The van der Waals surface area contributed by atoms with Crippen LogP contribution < -0.4 is 0 Å². The molecule has 94 valence electrons. The highest BCUT2D eigenvalue weighted by Crippen LogP contribution is 2.25. The normalized spacial score (nSPS) is 10.9. The molecule has 1 aromatic carbocycles. The number of aldehydes is 1. The Morgan fingerprint density at radius 1 is 1.28 bits per heavy atom. The second kappa shape index (κ2) is 4.68. The maximum Gasteiger partial charge on any atom is 0.159 e. The molecule has 0 aliphatic carbocycles. The number of hydrogen-bond donors (Lipinski definition) is 0. The fourth-order valence-electron chi connectivity index (χ4n) is 1.67. The number of hydrogen-bond acceptors (Lipinski definition) is 2. The van der Waals surface area contributed by atoms with Gasteiger partial charge in [-0.25, -0.2) is 8.78 Å². The van der Waals surface area contributed by atoms with E-state index in [1.54, 1.807) is 10.9 Å². The zero-order valence-electron chi connectivity index (χ0n) is 10.0. The summed E-state index contributed by atoms with van der Waals surface area (Å²) in [4.78, 5) is 10.9. The number of benzene rings is 1. The molecule has 0 saturated carbocycles. The molecule has 5 heteroatoms. The van der Waals surface area contributed by atoms with Gasteiger partial charge in [-0.2, -0.15) is 5.10 Å². The zero-order valence-corrected chi connectivity index (χ0v) is 10.0. The molecule has 0 radical (unpaired) electrons. The topological polar surface area (TPSA) is 34.9 Å². The van der Waals surface area contributed by atoms with E-state index >= 15 is 0 Å². The fourth-order valence-corrected chi connectivity index (χ4v) is 1.67. The molecule has 0 spiro atoms. The van der Waals surface area contributed by atoms with Crippen molar-refractivity contribution in [3.63, 3.8) is 0 Å². The van der Waals surface area contributed by atoms with Crippen molar-refractivity contribution in [1.82, 2.24) is 9.78 Å². The van der Waals surface area contributed by atoms with E-state index in [1.807, 2.05) is 13.8 Å². The van der Waals surface area contributed by atoms with Gasteiger partial charge < -0.3 is 0 Å². The van der Waals surface area contributed by atoms with E-state index in [2.05, 4.69) is 5.10 Å². The van der Waals surface area contributed by atoms with Crippen LogP contribution in [0.4, 0.5) is 8.78 Å². The molecule has 0 N–H and O–H groups in total. The average Bonchev–Trinajstić information content (AvgIpc) is 2.81. The Hall–Kier alpha value is -2.04. The van der Waals surface area contributed by atoms with Crippen molar-refractivity contribution in [2.45, 2.75) is 19.9 Å². The van der Waals surface area contributed by atoms with E-state index in [4.69, 9.17) is 0 Å². The lowest BCUT2D eigenvalue weighted by Crippen LogP contribution is -1.99. The first-order valence-electron chi connectivity index (χ1n) is 5.51. The minimum absolute atomic E-state index is 0.109. The monoisotopic (exact) mass is 250 g/mol. The van der Waals surface area contributed by atoms with Gasteiger partial charge in [-0.3, -0.25) is 9.48 Å². The van der Waals surface area contributed by atoms with Crippen LogP contribution in [0.1, 0.15) is 30.2 Å². The molecule has 18 heavy (non-hydrogen) atoms. The Bertz CT molecular complexity index is 591. The van der Waals surface area contributed by atoms with Crippen molar-refractivity contribution in [3.05, 3.63) is 41.7 Å². The van der Waals surface area contributed by atoms with Crippen molar-refractivity contribution >= 4 is 6.29 Å². The van der Waals surface area contributed by atoms with Gasteiger partial charge in [-0.15, -0.1) is 0 Å². The third kappa shape index (κ3) is 2.16. The zero-order chi connectivity index (χ0) is 13.3. The fraction of sp³-hybridized carbons (Fsp3) is 0.231. The molecular weight excluding hydrogens is 238 g/mol. The largest absolute Gasteiger partial charge is 0.298 e. The van der Waals surface area contributed by atoms with Crippen LogP contribution in [0.25, 0.3) is 11.1 Å². The maximum absolute atomic E-state index is 13.2. The molecule has 0 saturated heterocycles. The quantitative estimate of drug-likeness (QED) is 0.784. The average molecular weight is 250 g/mol. The van der Waals surface area contributed by atoms with Gasteiger partial charge in [-0.05, 0) is 31.5 Å². The van der Waals surface area contributed by atoms with Crippen molar-refractivity contribution in [2.75, 3.05) is 0 Å². The van der Waals surface area contributed by atoms with E-state index in [0.29, 0.717) is 17.4 Å². The molecule has 3 nitrogen and oxygen atoms in total. The number of carbonyl (C=O) groups excluding carboxylic acids is 1. The minimum Gasteiger partial charge on any atom is -0.298 e. The van der Waals surface area contributed by atoms with Crippen LogP contribution in [0.3, 0.4) is 0 Å². The Labute approximate surface area is 103 Å². The van der Waals surface area contributed by atoms with Crippen molar-refractivity contribution < 1.29 is 13.6 Å². The number of rotatable bonds is 3. The van der Waals surface area contributed by atoms with Gasteiger partial charge in [0.05, 0.1) is 6.20 Å². The van der Waals surface area contributed by atoms with Gasteiger partial charge in [0.1, 0.15) is 0 Å². The lowest BCUT2D eigenvalue weighted by Gasteiger charge is -2.05. The molecule has 0 atom stereocenters. The second-order valence-electron chi connectivity index (χ2n) is 4.27. The molecule has 0 unspecified atom stereocenters. The van der Waals surface area contributed by atoms with Gasteiger partial charge in [0.15, 0.2) is 17.9 Å². The molecular formula is C13H12F2N2O. The summed E-state index contributed by atoms with van der Waals surface area (Å²) in [6.07, 6.45) is 3.73. The van der Waals surface area contributed by atoms with Crippen molar-refractivity contribution in [3.8, 4) is 11.1 Å². The summed E-state index contributed by atoms with van der Waals surface area (Å²) in [7, 11) is 0. The first kappa shape index (κ1) is 12.4. The van der Waals surface area contributed by atoms with E-state index in [-0.39, 0.29) is 11.6 Å². The summed E-state index contributed by atoms with van der Waals surface area (Å²) >= 11 is 0. The van der Waals surface area contributed by atoms with Gasteiger partial charge in [-0.1, -0.05) is 0 Å². The SMILES string of the molecule is CC(C)n1cc(-c2cc(F)c(F)cc2C=O)cn1. The van der Waals surface area contributed by atoms with E-state index in [9.17, 15) is 13.6 Å². The summed E-state index contributed by atoms with van der Waals surface area (Å²) in [5.74, 6) is -2.01. The molecule has 1 heterocycles. The Morgan fingerprint density at radius 3 is 2.50 bits per heavy atom. The Kier molecular flexibility index (Phi) is 3.23. The Morgan fingerprint density at radius 2 is 1.94 bits per heavy atom. The second-order valence-corrected chi connectivity index (χ2v) is 4.27. The molecule has 0 amide bonds. The number of nitrogens with zero attached hydrogens (tertiary/aromatic N) is 2. The summed E-state index contributed by atoms with van der Waals surface area (Å²) in [5.41, 5.74) is 1.04. The molecule has 2 rings (SSSR count). The minimum atomic E-state index is -1.03. The number of carbonyl (C=O) groups is 1. The molecule has 1 aromatic heterocycles. The van der Waals surface area contributed by atoms with Gasteiger partial charge in [0.25, 0.3) is 0 Å². The predicted molar refractivity (Wildman–Crippen MR) is 63.4 cm³/mol. The highest BCUT2D eigenvalue weighted by atomic mass is 19.2. The van der Waals surface area contributed by atoms with E-state index in [1.165, 1.54) is 6.20 Å². The lowest BCUT2D eigenvalue weighted by atomic mass is 10.0. The molecule has 2 aromatic rings. The van der Waals surface area contributed by atoms with Crippen LogP contribution >= 0.6 is 0 Å². The smallest absolute Gasteiger partial charge is 0.159 e. The highest BCUT2D eigenvalue weighted by molar-refractivity contribution is 5.87. The van der Waals surface area contributed by atoms with Crippen LogP contribution in [-0.4, -0.2) is 16.1 Å². The Balaban J connectivity index is 2.55. The summed E-state index contributed by atoms with van der Waals surface area (Å²) in [6.45, 7) is 3.89. The van der Waals surface area contributed by atoms with E-state index < -0.39 is 11.6 Å². The summed E-state index contributed by atoms with van der Waals surface area (Å²) < 4.78 is 28.0. The lowest BCUT2D eigenvalue weighted by molar-refractivity contribution is 0.112. The molecule has 0 aliphatic rings. The molecule has 0 bridgehead atoms. The third-order valence-electron chi connectivity index (χ3n) is 2.66. The number of halogens is 2. The summed E-state index contributed by atoms with van der Waals surface area (Å²) in [6, 6.07) is 2.06. The first-order valence-corrected chi connectivity index (χ1v) is 5.51.